The first-order valence-electron chi connectivity index (χ1n) is 7.98. The molecule has 1 nitrogen and oxygen atoms in total. The van der Waals surface area contributed by atoms with Crippen LogP contribution in [0.4, 0.5) is 0 Å². The molecule has 1 aromatic heterocycles. The van der Waals surface area contributed by atoms with Crippen molar-refractivity contribution in [3.8, 4) is 16.9 Å². The first-order chi connectivity index (χ1) is 11.3. The van der Waals surface area contributed by atoms with E-state index >= 15 is 0 Å². The molecular formula is C22H19N. The molecule has 0 aliphatic heterocycles. The quantitative estimate of drug-likeness (QED) is 0.433. The second-order valence-electron chi connectivity index (χ2n) is 6.03. The Morgan fingerprint density at radius 1 is 0.652 bits per heavy atom. The van der Waals surface area contributed by atoms with Crippen LogP contribution in [0.25, 0.3) is 27.8 Å². The van der Waals surface area contributed by atoms with Gasteiger partial charge in [0.15, 0.2) is 0 Å². The number of hydrogen-bond donors (Lipinski definition) is 0. The average molecular weight is 297 g/mol. The van der Waals surface area contributed by atoms with Gasteiger partial charge in [-0.2, -0.15) is 0 Å². The van der Waals surface area contributed by atoms with Gasteiger partial charge in [-0.25, -0.2) is 0 Å². The fourth-order valence-corrected chi connectivity index (χ4v) is 3.38. The number of hydrogen-bond acceptors (Lipinski definition) is 0. The van der Waals surface area contributed by atoms with E-state index < -0.39 is 0 Å². The largest absolute Gasteiger partial charge is 0.309 e. The van der Waals surface area contributed by atoms with Crippen molar-refractivity contribution < 1.29 is 0 Å². The Balaban J connectivity index is 2.13. The predicted octanol–water partition coefficient (Wildman–Crippen LogP) is 5.91. The van der Waals surface area contributed by atoms with Crippen LogP contribution in [0.1, 0.15) is 11.1 Å². The summed E-state index contributed by atoms with van der Waals surface area (Å²) < 4.78 is 2.40. The maximum absolute atomic E-state index is 2.40. The average Bonchev–Trinajstić information content (AvgIpc) is 2.95. The van der Waals surface area contributed by atoms with Crippen molar-refractivity contribution in [1.29, 1.82) is 0 Å². The van der Waals surface area contributed by atoms with E-state index in [1.165, 1.54) is 39.0 Å². The molecule has 1 heterocycles. The highest BCUT2D eigenvalue weighted by Crippen LogP contribution is 2.33. The molecule has 0 N–H and O–H groups in total. The van der Waals surface area contributed by atoms with E-state index in [0.717, 1.165) is 0 Å². The molecule has 0 saturated heterocycles. The summed E-state index contributed by atoms with van der Waals surface area (Å²) >= 11 is 0. The molecule has 0 bridgehead atoms. The Hall–Kier alpha value is -2.80. The van der Waals surface area contributed by atoms with Crippen LogP contribution in [0.3, 0.4) is 0 Å². The van der Waals surface area contributed by atoms with Gasteiger partial charge in [-0.3, -0.25) is 0 Å². The van der Waals surface area contributed by atoms with Crippen molar-refractivity contribution in [3.05, 3.63) is 90.0 Å². The standard InChI is InChI=1S/C22H19N/c1-16-9-8-10-17(2)22(16)23-20-14-7-6-13-19(20)15-21(23)18-11-4-3-5-12-18/h3-15H,1-2H3. The smallest absolute Gasteiger partial charge is 0.0541 e. The molecule has 0 saturated carbocycles. The molecule has 0 spiro atoms. The lowest BCUT2D eigenvalue weighted by molar-refractivity contribution is 1.09. The summed E-state index contributed by atoms with van der Waals surface area (Å²) in [4.78, 5) is 0. The minimum absolute atomic E-state index is 1.24. The maximum Gasteiger partial charge on any atom is 0.0541 e. The molecular weight excluding hydrogens is 278 g/mol. The summed E-state index contributed by atoms with van der Waals surface area (Å²) in [5.74, 6) is 0. The lowest BCUT2D eigenvalue weighted by Crippen LogP contribution is -2.01. The molecule has 0 amide bonds. The number of para-hydroxylation sites is 2. The molecule has 112 valence electrons. The van der Waals surface area contributed by atoms with Crippen LogP contribution in [-0.4, -0.2) is 4.57 Å². The lowest BCUT2D eigenvalue weighted by atomic mass is 10.1. The summed E-state index contributed by atoms with van der Waals surface area (Å²) in [6, 6.07) is 28.0. The number of aryl methyl sites for hydroxylation is 2. The molecule has 4 rings (SSSR count). The minimum atomic E-state index is 1.24. The van der Waals surface area contributed by atoms with E-state index in [1.54, 1.807) is 0 Å². The Bertz CT molecular complexity index is 957. The fraction of sp³-hybridized carbons (Fsp3) is 0.0909. The zero-order valence-corrected chi connectivity index (χ0v) is 13.5. The SMILES string of the molecule is Cc1cccc(C)c1-n1c(-c2ccccc2)cc2ccccc21. The zero-order valence-electron chi connectivity index (χ0n) is 13.5. The molecule has 23 heavy (non-hydrogen) atoms. The second-order valence-corrected chi connectivity index (χ2v) is 6.03. The van der Waals surface area contributed by atoms with Gasteiger partial charge in [-0.05, 0) is 42.7 Å². The molecule has 0 atom stereocenters. The van der Waals surface area contributed by atoms with Crippen molar-refractivity contribution >= 4 is 10.9 Å². The van der Waals surface area contributed by atoms with Gasteiger partial charge in [0, 0.05) is 5.39 Å². The summed E-state index contributed by atoms with van der Waals surface area (Å²) in [6.07, 6.45) is 0. The van der Waals surface area contributed by atoms with Crippen LogP contribution in [0.5, 0.6) is 0 Å². The number of benzene rings is 3. The van der Waals surface area contributed by atoms with E-state index in [1.807, 2.05) is 0 Å². The van der Waals surface area contributed by atoms with Crippen LogP contribution in [-0.2, 0) is 0 Å². The van der Waals surface area contributed by atoms with Crippen LogP contribution in [0, 0.1) is 13.8 Å². The lowest BCUT2D eigenvalue weighted by Gasteiger charge is -2.16. The van der Waals surface area contributed by atoms with Gasteiger partial charge in [-0.15, -0.1) is 0 Å². The molecule has 0 aliphatic carbocycles. The maximum atomic E-state index is 2.40. The van der Waals surface area contributed by atoms with Crippen molar-refractivity contribution in [2.45, 2.75) is 13.8 Å². The van der Waals surface area contributed by atoms with Crippen LogP contribution < -0.4 is 0 Å². The molecule has 3 aromatic carbocycles. The third kappa shape index (κ3) is 2.25. The number of fused-ring (bicyclic) bond motifs is 1. The summed E-state index contributed by atoms with van der Waals surface area (Å²) in [7, 11) is 0. The van der Waals surface area contributed by atoms with Crippen molar-refractivity contribution in [2.24, 2.45) is 0 Å². The van der Waals surface area contributed by atoms with Crippen molar-refractivity contribution in [1.82, 2.24) is 4.57 Å². The third-order valence-electron chi connectivity index (χ3n) is 4.44. The van der Waals surface area contributed by atoms with E-state index in [4.69, 9.17) is 0 Å². The van der Waals surface area contributed by atoms with E-state index in [0.29, 0.717) is 0 Å². The first kappa shape index (κ1) is 13.8. The highest BCUT2D eigenvalue weighted by Gasteiger charge is 2.14. The van der Waals surface area contributed by atoms with Gasteiger partial charge in [0.2, 0.25) is 0 Å². The van der Waals surface area contributed by atoms with Crippen molar-refractivity contribution in [2.75, 3.05) is 0 Å². The molecule has 1 heteroatoms. The van der Waals surface area contributed by atoms with Gasteiger partial charge >= 0.3 is 0 Å². The predicted molar refractivity (Wildman–Crippen MR) is 98.2 cm³/mol. The van der Waals surface area contributed by atoms with Crippen LogP contribution in [0.2, 0.25) is 0 Å². The number of nitrogens with zero attached hydrogens (tertiary/aromatic N) is 1. The fourth-order valence-electron chi connectivity index (χ4n) is 3.38. The molecule has 0 fully saturated rings. The van der Waals surface area contributed by atoms with Gasteiger partial charge in [0.1, 0.15) is 0 Å². The normalized spacial score (nSPS) is 11.0. The number of rotatable bonds is 2. The zero-order chi connectivity index (χ0) is 15.8. The van der Waals surface area contributed by atoms with E-state index in [2.05, 4.69) is 97.3 Å². The summed E-state index contributed by atoms with van der Waals surface area (Å²) in [5, 5.41) is 1.27. The topological polar surface area (TPSA) is 4.93 Å². The monoisotopic (exact) mass is 297 g/mol. The van der Waals surface area contributed by atoms with Crippen molar-refractivity contribution in [3.63, 3.8) is 0 Å². The molecule has 4 aromatic rings. The van der Waals surface area contributed by atoms with Gasteiger partial charge in [-0.1, -0.05) is 66.7 Å². The Labute approximate surface area is 136 Å². The third-order valence-corrected chi connectivity index (χ3v) is 4.44. The van der Waals surface area contributed by atoms with E-state index in [-0.39, 0.29) is 0 Å². The van der Waals surface area contributed by atoms with Gasteiger partial charge < -0.3 is 4.57 Å². The molecule has 0 aliphatic rings. The highest BCUT2D eigenvalue weighted by molar-refractivity contribution is 5.89. The second kappa shape index (κ2) is 5.44. The Kier molecular flexibility index (Phi) is 3.27. The Morgan fingerprint density at radius 3 is 2.04 bits per heavy atom. The molecule has 0 unspecified atom stereocenters. The summed E-state index contributed by atoms with van der Waals surface area (Å²) in [6.45, 7) is 4.37. The highest BCUT2D eigenvalue weighted by atomic mass is 15.0. The Morgan fingerprint density at radius 2 is 1.30 bits per heavy atom. The van der Waals surface area contributed by atoms with E-state index in [9.17, 15) is 0 Å². The molecule has 0 radical (unpaired) electrons. The van der Waals surface area contributed by atoms with Gasteiger partial charge in [0.05, 0.1) is 16.9 Å². The van der Waals surface area contributed by atoms with Crippen LogP contribution >= 0.6 is 0 Å². The summed E-state index contributed by atoms with van der Waals surface area (Å²) in [5.41, 5.74) is 7.61. The van der Waals surface area contributed by atoms with Crippen LogP contribution in [0.15, 0.2) is 78.9 Å². The first-order valence-corrected chi connectivity index (χ1v) is 7.98. The minimum Gasteiger partial charge on any atom is -0.309 e. The van der Waals surface area contributed by atoms with Gasteiger partial charge in [0.25, 0.3) is 0 Å². The number of aromatic nitrogens is 1.